The molecule has 2 aromatic rings. The number of methoxy groups -OCH3 is 1. The summed E-state index contributed by atoms with van der Waals surface area (Å²) in [6.45, 7) is 0. The van der Waals surface area contributed by atoms with Gasteiger partial charge in [-0.25, -0.2) is 4.98 Å². The average molecular weight is 310 g/mol. The van der Waals surface area contributed by atoms with Crippen LogP contribution in [0.1, 0.15) is 29.2 Å². The van der Waals surface area contributed by atoms with Crippen molar-refractivity contribution in [2.45, 2.75) is 25.1 Å². The third-order valence-corrected chi connectivity index (χ3v) is 3.42. The van der Waals surface area contributed by atoms with Crippen LogP contribution in [0.3, 0.4) is 0 Å². The first-order chi connectivity index (χ1) is 10.4. The fourth-order valence-corrected chi connectivity index (χ4v) is 2.12. The fraction of sp³-hybridized carbons (Fsp3) is 0.312. The number of hydrogen-bond acceptors (Lipinski definition) is 3. The van der Waals surface area contributed by atoms with Gasteiger partial charge in [-0.05, 0) is 42.2 Å². The summed E-state index contributed by atoms with van der Waals surface area (Å²) < 4.78 is 42.5. The Labute approximate surface area is 126 Å². The molecule has 1 unspecified atom stereocenters. The lowest BCUT2D eigenvalue weighted by molar-refractivity contribution is -0.137. The summed E-state index contributed by atoms with van der Waals surface area (Å²) in [5.74, 6) is 0.488. The zero-order chi connectivity index (χ0) is 16.2. The summed E-state index contributed by atoms with van der Waals surface area (Å²) in [4.78, 5) is 4.01. The molecule has 1 aromatic carbocycles. The maximum atomic E-state index is 12.5. The molecule has 0 spiro atoms. The second-order valence-corrected chi connectivity index (χ2v) is 4.97. The van der Waals surface area contributed by atoms with Gasteiger partial charge in [0.2, 0.25) is 5.88 Å². The second-order valence-electron chi connectivity index (χ2n) is 4.97. The molecule has 0 fully saturated rings. The predicted molar refractivity (Wildman–Crippen MR) is 77.5 cm³/mol. The molecule has 1 heterocycles. The molecule has 0 amide bonds. The summed E-state index contributed by atoms with van der Waals surface area (Å²) >= 11 is 0. The minimum absolute atomic E-state index is 0.223. The lowest BCUT2D eigenvalue weighted by atomic mass is 10.00. The Morgan fingerprint density at radius 3 is 2.45 bits per heavy atom. The van der Waals surface area contributed by atoms with E-state index in [2.05, 4.69) is 4.98 Å². The van der Waals surface area contributed by atoms with Gasteiger partial charge in [0.15, 0.2) is 0 Å². The van der Waals surface area contributed by atoms with E-state index < -0.39 is 11.7 Å². The molecule has 22 heavy (non-hydrogen) atoms. The molecule has 6 heteroatoms. The van der Waals surface area contributed by atoms with Crippen LogP contribution in [0, 0.1) is 0 Å². The molecule has 1 aromatic heterocycles. The predicted octanol–water partition coefficient (Wildman–Crippen LogP) is 3.74. The molecule has 0 aliphatic heterocycles. The maximum absolute atomic E-state index is 12.5. The van der Waals surface area contributed by atoms with Gasteiger partial charge in [0.1, 0.15) is 0 Å². The Kier molecular flexibility index (Phi) is 5.03. The topological polar surface area (TPSA) is 48.1 Å². The molecule has 2 rings (SSSR count). The van der Waals surface area contributed by atoms with Crippen molar-refractivity contribution in [2.75, 3.05) is 7.11 Å². The molecule has 0 radical (unpaired) electrons. The Balaban J connectivity index is 1.97. The van der Waals surface area contributed by atoms with Crippen molar-refractivity contribution in [1.82, 2.24) is 4.98 Å². The number of aromatic nitrogens is 1. The first kappa shape index (κ1) is 16.3. The molecule has 0 saturated carbocycles. The van der Waals surface area contributed by atoms with Gasteiger partial charge in [-0.1, -0.05) is 12.1 Å². The van der Waals surface area contributed by atoms with E-state index in [1.54, 1.807) is 18.3 Å². The van der Waals surface area contributed by atoms with Gasteiger partial charge in [0, 0.05) is 18.3 Å². The van der Waals surface area contributed by atoms with Crippen LogP contribution in [0.4, 0.5) is 13.2 Å². The van der Waals surface area contributed by atoms with Gasteiger partial charge in [-0.3, -0.25) is 0 Å². The molecule has 1 atom stereocenters. The molecule has 118 valence electrons. The molecule has 0 aliphatic rings. The third-order valence-electron chi connectivity index (χ3n) is 3.42. The number of alkyl halides is 3. The number of hydrogen-bond donors (Lipinski definition) is 1. The molecule has 2 N–H and O–H groups in total. The number of rotatable bonds is 5. The first-order valence-electron chi connectivity index (χ1n) is 6.82. The molecule has 0 bridgehead atoms. The quantitative estimate of drug-likeness (QED) is 0.915. The average Bonchev–Trinajstić information content (AvgIpc) is 2.52. The monoisotopic (exact) mass is 310 g/mol. The Hall–Kier alpha value is -2.08. The van der Waals surface area contributed by atoms with Crippen LogP contribution in [-0.4, -0.2) is 12.1 Å². The number of ether oxygens (including phenoxy) is 1. The number of pyridine rings is 1. The number of aryl methyl sites for hydroxylation is 1. The van der Waals surface area contributed by atoms with Crippen molar-refractivity contribution in [3.8, 4) is 5.88 Å². The number of benzene rings is 1. The van der Waals surface area contributed by atoms with Gasteiger partial charge in [0.05, 0.1) is 12.7 Å². The van der Waals surface area contributed by atoms with Crippen molar-refractivity contribution >= 4 is 0 Å². The highest BCUT2D eigenvalue weighted by atomic mass is 19.4. The van der Waals surface area contributed by atoms with Gasteiger partial charge in [-0.15, -0.1) is 0 Å². The molecule has 3 nitrogen and oxygen atoms in total. The van der Waals surface area contributed by atoms with Crippen LogP contribution in [0.5, 0.6) is 5.88 Å². The van der Waals surface area contributed by atoms with Crippen molar-refractivity contribution < 1.29 is 17.9 Å². The van der Waals surface area contributed by atoms with Gasteiger partial charge < -0.3 is 10.5 Å². The Bertz CT molecular complexity index is 612. The Morgan fingerprint density at radius 1 is 1.18 bits per heavy atom. The minimum Gasteiger partial charge on any atom is -0.481 e. The number of nitrogens with zero attached hydrogens (tertiary/aromatic N) is 1. The highest BCUT2D eigenvalue weighted by Gasteiger charge is 2.29. The summed E-state index contributed by atoms with van der Waals surface area (Å²) in [5, 5.41) is 0. The zero-order valence-corrected chi connectivity index (χ0v) is 12.1. The minimum atomic E-state index is -4.30. The van der Waals surface area contributed by atoms with Crippen LogP contribution >= 0.6 is 0 Å². The van der Waals surface area contributed by atoms with E-state index in [4.69, 9.17) is 10.5 Å². The maximum Gasteiger partial charge on any atom is 0.416 e. The molecular weight excluding hydrogens is 293 g/mol. The standard InChI is InChI=1S/C16H17F3N2O/c1-22-15-10-12(8-9-21-15)14(20)7-4-11-2-5-13(6-3-11)16(17,18)19/h2-3,5-6,8-10,14H,4,7,20H2,1H3. The molecule has 0 aliphatic carbocycles. The lowest BCUT2D eigenvalue weighted by Crippen LogP contribution is -2.12. The summed E-state index contributed by atoms with van der Waals surface area (Å²) in [6.07, 6.45) is -1.46. The van der Waals surface area contributed by atoms with Crippen LogP contribution in [-0.2, 0) is 12.6 Å². The van der Waals surface area contributed by atoms with Crippen molar-refractivity contribution in [1.29, 1.82) is 0 Å². The van der Waals surface area contributed by atoms with E-state index in [0.717, 1.165) is 23.3 Å². The van der Waals surface area contributed by atoms with Crippen LogP contribution in [0.25, 0.3) is 0 Å². The highest BCUT2D eigenvalue weighted by Crippen LogP contribution is 2.29. The van der Waals surface area contributed by atoms with Crippen molar-refractivity contribution in [3.63, 3.8) is 0 Å². The first-order valence-corrected chi connectivity index (χ1v) is 6.82. The SMILES string of the molecule is COc1cc(C(N)CCc2ccc(C(F)(F)F)cc2)ccn1. The van der Waals surface area contributed by atoms with Crippen molar-refractivity contribution in [3.05, 3.63) is 59.3 Å². The normalized spacial score (nSPS) is 13.0. The van der Waals surface area contributed by atoms with E-state index in [0.29, 0.717) is 18.7 Å². The lowest BCUT2D eigenvalue weighted by Gasteiger charge is -2.13. The fourth-order valence-electron chi connectivity index (χ4n) is 2.12. The van der Waals surface area contributed by atoms with Gasteiger partial charge >= 0.3 is 6.18 Å². The number of nitrogens with two attached hydrogens (primary N) is 1. The second kappa shape index (κ2) is 6.79. The van der Waals surface area contributed by atoms with E-state index in [-0.39, 0.29) is 6.04 Å². The largest absolute Gasteiger partial charge is 0.481 e. The number of halogens is 3. The summed E-state index contributed by atoms with van der Waals surface area (Å²) in [7, 11) is 1.53. The Morgan fingerprint density at radius 2 is 1.86 bits per heavy atom. The smallest absolute Gasteiger partial charge is 0.416 e. The van der Waals surface area contributed by atoms with E-state index in [9.17, 15) is 13.2 Å². The van der Waals surface area contributed by atoms with Gasteiger partial charge in [0.25, 0.3) is 0 Å². The van der Waals surface area contributed by atoms with Crippen LogP contribution in [0.2, 0.25) is 0 Å². The van der Waals surface area contributed by atoms with Crippen LogP contribution < -0.4 is 10.5 Å². The molecular formula is C16H17F3N2O. The summed E-state index contributed by atoms with van der Waals surface area (Å²) in [5.41, 5.74) is 7.17. The molecule has 0 saturated heterocycles. The zero-order valence-electron chi connectivity index (χ0n) is 12.1. The van der Waals surface area contributed by atoms with Crippen LogP contribution in [0.15, 0.2) is 42.6 Å². The van der Waals surface area contributed by atoms with Gasteiger partial charge in [-0.2, -0.15) is 13.2 Å². The van der Waals surface area contributed by atoms with E-state index in [1.165, 1.54) is 19.2 Å². The third kappa shape index (κ3) is 4.21. The van der Waals surface area contributed by atoms with E-state index in [1.807, 2.05) is 0 Å². The highest BCUT2D eigenvalue weighted by molar-refractivity contribution is 5.26. The van der Waals surface area contributed by atoms with Crippen molar-refractivity contribution in [2.24, 2.45) is 5.73 Å². The summed E-state index contributed by atoms with van der Waals surface area (Å²) in [6, 6.07) is 8.51. The van der Waals surface area contributed by atoms with E-state index >= 15 is 0 Å².